The lowest BCUT2D eigenvalue weighted by molar-refractivity contribution is -0.115. The lowest BCUT2D eigenvalue weighted by Gasteiger charge is -2.17. The summed E-state index contributed by atoms with van der Waals surface area (Å²) in [4.78, 5) is 91.1. The Labute approximate surface area is 591 Å². The van der Waals surface area contributed by atoms with Crippen molar-refractivity contribution in [3.8, 4) is 42.8 Å². The molecule has 0 radical (unpaired) electrons. The summed E-state index contributed by atoms with van der Waals surface area (Å²) in [7, 11) is -3.11. The van der Waals surface area contributed by atoms with Crippen LogP contribution in [0.2, 0.25) is 0 Å². The first-order chi connectivity index (χ1) is 48.3. The maximum Gasteiger partial charge on any atom is 0.336 e. The molecule has 14 rings (SSSR count). The Bertz CT molecular complexity index is 5150. The molecule has 0 unspecified atom stereocenters. The van der Waals surface area contributed by atoms with Crippen LogP contribution in [0, 0.1) is 41.5 Å². The van der Waals surface area contributed by atoms with Gasteiger partial charge in [0.25, 0.3) is 0 Å². The molecule has 1 aliphatic heterocycles. The molecule has 0 bridgehead atoms. The van der Waals surface area contributed by atoms with Gasteiger partial charge >= 0.3 is 13.2 Å². The summed E-state index contributed by atoms with van der Waals surface area (Å²) in [5, 5.41) is 22.7. The van der Waals surface area contributed by atoms with Crippen molar-refractivity contribution in [3.05, 3.63) is 211 Å². The van der Waals surface area contributed by atoms with Crippen LogP contribution in [0.3, 0.4) is 0 Å². The average Bonchev–Trinajstić information content (AvgIpc) is 1.06. The Morgan fingerprint density at radius 2 is 0.930 bits per heavy atom. The van der Waals surface area contributed by atoms with E-state index in [1.54, 1.807) is 90.0 Å². The minimum absolute atomic E-state index is 0.0227. The van der Waals surface area contributed by atoms with Crippen molar-refractivity contribution in [1.29, 1.82) is 0 Å². The molecule has 0 fully saturated rings. The van der Waals surface area contributed by atoms with Gasteiger partial charge in [-0.3, -0.25) is 14.2 Å². The summed E-state index contributed by atoms with van der Waals surface area (Å²) in [5.74, 6) is 1.90. The van der Waals surface area contributed by atoms with Gasteiger partial charge in [0.05, 0.1) is 25.8 Å². The number of amides is 2. The monoisotopic (exact) mass is 1430 g/mol. The largest absolute Gasteiger partial charge is 0.423 e. The fourth-order valence-electron chi connectivity index (χ4n) is 9.78. The molecule has 13 aromatic rings. The number of aromatic nitrogens is 12. The first-order valence-electron chi connectivity index (χ1n) is 31.2. The summed E-state index contributed by atoms with van der Waals surface area (Å²) in [5.41, 5.74) is 11.9. The van der Waals surface area contributed by atoms with Crippen molar-refractivity contribution in [3.63, 3.8) is 0 Å². The second kappa shape index (κ2) is 32.7. The molecule has 30 heteroatoms. The summed E-state index contributed by atoms with van der Waals surface area (Å²) >= 11 is 6.37. The third-order valence-electron chi connectivity index (χ3n) is 14.2. The van der Waals surface area contributed by atoms with E-state index in [0.29, 0.717) is 49.0 Å². The molecule has 508 valence electrons. The number of aryl methyl sites for hydroxylation is 6. The van der Waals surface area contributed by atoms with Gasteiger partial charge in [-0.05, 0) is 163 Å². The Morgan fingerprint density at radius 3 is 1.36 bits per heavy atom. The zero-order valence-corrected chi connectivity index (χ0v) is 59.8. The van der Waals surface area contributed by atoms with Gasteiger partial charge in [0.2, 0.25) is 35.6 Å². The highest BCUT2D eigenvalue weighted by atomic mass is 32.1. The summed E-state index contributed by atoms with van der Waals surface area (Å²) < 4.78 is 28.6. The Hall–Kier alpha value is -10.8. The van der Waals surface area contributed by atoms with Crippen LogP contribution in [0.1, 0.15) is 62.5 Å². The number of fused-ring (bicyclic) bond motifs is 2. The number of nitrogens with zero attached hydrogens (tertiary/aromatic N) is 12. The van der Waals surface area contributed by atoms with E-state index in [9.17, 15) is 18.9 Å². The quantitative estimate of drug-likeness (QED) is 0.0323. The zero-order chi connectivity index (χ0) is 70.3. The Morgan fingerprint density at radius 1 is 0.510 bits per heavy atom. The van der Waals surface area contributed by atoms with Crippen molar-refractivity contribution >= 4 is 134 Å². The first kappa shape index (κ1) is 70.5. The molecule has 1 aliphatic rings. The van der Waals surface area contributed by atoms with Gasteiger partial charge in [0, 0.05) is 128 Å². The second-order valence-electron chi connectivity index (χ2n) is 22.2. The van der Waals surface area contributed by atoms with Gasteiger partial charge in [0.15, 0.2) is 0 Å². The lowest BCUT2D eigenvalue weighted by Crippen LogP contribution is -2.07. The van der Waals surface area contributed by atoms with Crippen LogP contribution in [0.15, 0.2) is 168 Å². The SMILES string of the molecule is CC(=O)Nc1ccc(Nc2nccc(-c3ncc(C)s3)n2)cc1C.CCOP(=O)(Cc1ccc(Nc2nccc(-c3ncc(C)s3)n2)cc1)OCC.Cc1cnc(-c2ccnc(Nc3ccc4c(C)cc(=O)oc4c3)n2)s1.Cc1cnc(-c2ccnc(Nc3ccc4c(c3)CC(=O)N4)n2)s1. The zero-order valence-electron chi connectivity index (χ0n) is 55.6. The number of hydrogen-bond acceptors (Lipinski definition) is 27. The molecule has 9 aromatic heterocycles. The molecule has 0 saturated carbocycles. The van der Waals surface area contributed by atoms with Gasteiger partial charge < -0.3 is 45.4 Å². The van der Waals surface area contributed by atoms with E-state index in [1.807, 2.05) is 163 Å². The average molecular weight is 1430 g/mol. The number of anilines is 10. The normalized spacial score (nSPS) is 11.4. The lowest BCUT2D eigenvalue weighted by atomic mass is 10.1. The fourth-order valence-corrected chi connectivity index (χ4v) is 14.4. The molecule has 4 aromatic carbocycles. The molecule has 25 nitrogen and oxygen atoms in total. The number of rotatable bonds is 19. The molecular formula is C70H67N18O7PS4. The van der Waals surface area contributed by atoms with Crippen LogP contribution in [0.5, 0.6) is 0 Å². The smallest absolute Gasteiger partial charge is 0.336 e. The first-order valence-corrected chi connectivity index (χ1v) is 36.2. The predicted octanol–water partition coefficient (Wildman–Crippen LogP) is 16.6. The van der Waals surface area contributed by atoms with Crippen LogP contribution in [0.25, 0.3) is 53.8 Å². The van der Waals surface area contributed by atoms with Crippen molar-refractivity contribution < 1.29 is 27.6 Å². The van der Waals surface area contributed by atoms with Gasteiger partial charge in [-0.1, -0.05) is 12.1 Å². The number of hydrogen-bond donors (Lipinski definition) is 6. The Kier molecular flexibility index (Phi) is 23.1. The molecule has 0 saturated heterocycles. The molecule has 0 spiro atoms. The fraction of sp³-hybridized carbons (Fsp3) is 0.186. The highest BCUT2D eigenvalue weighted by Gasteiger charge is 2.24. The minimum Gasteiger partial charge on any atom is -0.423 e. The van der Waals surface area contributed by atoms with E-state index in [-0.39, 0.29) is 23.6 Å². The molecule has 2 amide bonds. The summed E-state index contributed by atoms with van der Waals surface area (Å²) in [6, 6.07) is 33.4. The molecule has 100 heavy (non-hydrogen) atoms. The van der Waals surface area contributed by atoms with Gasteiger partial charge in [0.1, 0.15) is 48.4 Å². The Balaban J connectivity index is 0.000000135. The third kappa shape index (κ3) is 19.3. The van der Waals surface area contributed by atoms with E-state index in [4.69, 9.17) is 13.5 Å². The molecular weight excluding hydrogens is 1360 g/mol. The molecule has 0 aliphatic carbocycles. The van der Waals surface area contributed by atoms with Crippen LogP contribution in [-0.4, -0.2) is 84.8 Å². The topological polar surface area (TPSA) is 327 Å². The highest BCUT2D eigenvalue weighted by molar-refractivity contribution is 7.53. The van der Waals surface area contributed by atoms with E-state index in [1.165, 1.54) is 13.0 Å². The second-order valence-corrected chi connectivity index (χ2v) is 29.2. The maximum absolute atomic E-state index is 12.6. The van der Waals surface area contributed by atoms with Gasteiger partial charge in [-0.15, -0.1) is 45.3 Å². The highest BCUT2D eigenvalue weighted by Crippen LogP contribution is 2.51. The molecule has 0 atom stereocenters. The number of carbonyl (C=O) groups excluding carboxylic acids is 2. The molecule has 10 heterocycles. The van der Waals surface area contributed by atoms with E-state index in [0.717, 1.165) is 124 Å². The third-order valence-corrected chi connectivity index (χ3v) is 20.0. The summed E-state index contributed by atoms with van der Waals surface area (Å²) in [6.07, 6.45) is 14.8. The van der Waals surface area contributed by atoms with Crippen molar-refractivity contribution in [2.45, 2.75) is 74.9 Å². The van der Waals surface area contributed by atoms with E-state index >= 15 is 0 Å². The van der Waals surface area contributed by atoms with Crippen LogP contribution >= 0.6 is 52.9 Å². The van der Waals surface area contributed by atoms with Gasteiger partial charge in [-0.2, -0.15) is 0 Å². The standard InChI is InChI=1S/C19H23N4O3PS.C18H14N4O2S.C17H17N5OS.C16H13N5OS/c1-4-25-27(24,26-5-2)13-15-6-8-16(9-7-15)22-19-20-11-10-17(23-19)18-21-12-14(3)28-18;1-10-7-16(23)24-15-8-12(3-4-13(10)15)21-18-19-6-5-14(22-18)17-20-9-11(2)25-17;1-10-8-13(4-5-14(10)20-12(3)23)21-17-18-7-6-15(22-17)16-19-9-11(2)24-16;1-9-8-18-15(23-9)13-4-5-17-16(21-13)19-11-2-3-12-10(6-11)7-14(22)20-12/h6-12H,4-5,13H2,1-3H3,(H,20,22,23);3-9H,1-2H3,(H,19,21,22);4-9H,1-3H3,(H,20,23)(H,18,21,22);2-6,8H,7H2,1H3,(H,20,22)(H,17,19,21). The number of benzene rings is 4. The van der Waals surface area contributed by atoms with Crippen LogP contribution in [-0.2, 0) is 35.8 Å². The maximum atomic E-state index is 12.6. The predicted molar refractivity (Wildman–Crippen MR) is 397 cm³/mol. The number of thiazole rings is 4. The van der Waals surface area contributed by atoms with E-state index in [2.05, 4.69) is 91.7 Å². The van der Waals surface area contributed by atoms with Crippen molar-refractivity contribution in [2.24, 2.45) is 0 Å². The van der Waals surface area contributed by atoms with Gasteiger partial charge in [-0.25, -0.2) is 64.6 Å². The van der Waals surface area contributed by atoms with Crippen molar-refractivity contribution in [2.75, 3.05) is 45.1 Å². The number of nitrogens with one attached hydrogen (secondary N) is 6. The number of carbonyl (C=O) groups is 2. The van der Waals surface area contributed by atoms with Crippen molar-refractivity contribution in [1.82, 2.24) is 59.8 Å². The van der Waals surface area contributed by atoms with E-state index < -0.39 is 7.60 Å². The molecule has 6 N–H and O–H groups in total. The van der Waals surface area contributed by atoms with Crippen LogP contribution < -0.4 is 37.5 Å². The van der Waals surface area contributed by atoms with Crippen LogP contribution in [0.4, 0.5) is 57.9 Å². The summed E-state index contributed by atoms with van der Waals surface area (Å²) in [6.45, 7) is 17.7. The minimum atomic E-state index is -3.11.